The molecule has 2 aromatic rings. The quantitative estimate of drug-likeness (QED) is 0.569. The zero-order chi connectivity index (χ0) is 19.3. The Labute approximate surface area is 162 Å². The fourth-order valence-electron chi connectivity index (χ4n) is 2.75. The highest BCUT2D eigenvalue weighted by Gasteiger charge is 2.26. The molecule has 0 aliphatic carbocycles. The van der Waals surface area contributed by atoms with Crippen LogP contribution in [0.3, 0.4) is 0 Å². The van der Waals surface area contributed by atoms with Gasteiger partial charge in [-0.3, -0.25) is 4.79 Å². The van der Waals surface area contributed by atoms with Crippen LogP contribution in [0.5, 0.6) is 0 Å². The van der Waals surface area contributed by atoms with E-state index in [1.165, 1.54) is 28.6 Å². The van der Waals surface area contributed by atoms with Gasteiger partial charge in [-0.1, -0.05) is 30.2 Å². The molecular formula is C18H18ClN4O3S+. The Morgan fingerprint density at radius 2 is 1.78 bits per heavy atom. The summed E-state index contributed by atoms with van der Waals surface area (Å²) in [6.45, 7) is 0.997. The maximum atomic E-state index is 12.7. The number of hydrogen-bond donors (Lipinski definition) is 0. The summed E-state index contributed by atoms with van der Waals surface area (Å²) in [7, 11) is -3.62. The van der Waals surface area contributed by atoms with Gasteiger partial charge in [-0.05, 0) is 49.2 Å². The lowest BCUT2D eigenvalue weighted by molar-refractivity contribution is 0.0992. The van der Waals surface area contributed by atoms with Crippen molar-refractivity contribution in [1.82, 2.24) is 9.22 Å². The fourth-order valence-corrected chi connectivity index (χ4v) is 4.50. The van der Waals surface area contributed by atoms with Gasteiger partial charge < -0.3 is 0 Å². The third-order valence-corrected chi connectivity index (χ3v) is 6.27. The van der Waals surface area contributed by atoms with Crippen LogP contribution in [0.2, 0.25) is 5.02 Å². The Morgan fingerprint density at radius 3 is 2.52 bits per heavy atom. The van der Waals surface area contributed by atoms with Gasteiger partial charge in [0.2, 0.25) is 20.0 Å². The van der Waals surface area contributed by atoms with Crippen LogP contribution in [-0.4, -0.2) is 31.7 Å². The molecule has 1 amide bonds. The van der Waals surface area contributed by atoms with Crippen LogP contribution >= 0.6 is 11.6 Å². The molecular weight excluding hydrogens is 388 g/mol. The molecule has 0 bridgehead atoms. The molecule has 1 heterocycles. The first kappa shape index (κ1) is 19.4. The Morgan fingerprint density at radius 1 is 1.04 bits per heavy atom. The van der Waals surface area contributed by atoms with E-state index < -0.39 is 15.9 Å². The van der Waals surface area contributed by atoms with Crippen LogP contribution in [0.4, 0.5) is 5.69 Å². The molecule has 0 radical (unpaired) electrons. The van der Waals surface area contributed by atoms with Crippen molar-refractivity contribution in [2.75, 3.05) is 13.1 Å². The number of amides is 1. The van der Waals surface area contributed by atoms with Gasteiger partial charge >= 0.3 is 5.91 Å². The number of carbonyl (C=O) groups is 1. The Kier molecular flexibility index (Phi) is 6.13. The van der Waals surface area contributed by atoms with Crippen molar-refractivity contribution in [3.8, 4) is 0 Å². The van der Waals surface area contributed by atoms with E-state index in [0.29, 0.717) is 23.8 Å². The second-order valence-corrected chi connectivity index (χ2v) is 8.44. The lowest BCUT2D eigenvalue weighted by atomic mass is 10.2. The first-order valence-electron chi connectivity index (χ1n) is 8.49. The van der Waals surface area contributed by atoms with Gasteiger partial charge in [0.15, 0.2) is 10.8 Å². The average Bonchev–Trinajstić information content (AvgIpc) is 2.69. The fraction of sp³-hybridized carbons (Fsp3) is 0.278. The van der Waals surface area contributed by atoms with Crippen molar-refractivity contribution < 1.29 is 13.2 Å². The molecule has 3 rings (SSSR count). The number of hydrogen-bond acceptors (Lipinski definition) is 4. The van der Waals surface area contributed by atoms with E-state index in [0.717, 1.165) is 19.3 Å². The molecule has 7 nitrogen and oxygen atoms in total. The maximum absolute atomic E-state index is 12.7. The molecule has 0 saturated carbocycles. The Balaban J connectivity index is 1.80. The van der Waals surface area contributed by atoms with Gasteiger partial charge in [0.25, 0.3) is 0 Å². The van der Waals surface area contributed by atoms with Crippen LogP contribution < -0.4 is 4.91 Å². The van der Waals surface area contributed by atoms with E-state index in [2.05, 4.69) is 15.1 Å². The second-order valence-electron chi connectivity index (χ2n) is 6.07. The molecule has 27 heavy (non-hydrogen) atoms. The van der Waals surface area contributed by atoms with E-state index in [4.69, 9.17) is 11.6 Å². The van der Waals surface area contributed by atoms with Gasteiger partial charge in [0, 0.05) is 18.1 Å². The van der Waals surface area contributed by atoms with Gasteiger partial charge in [-0.2, -0.15) is 4.31 Å². The SMILES string of the molecule is O=C(N=[N+]=Nc1cccc(Cl)c1)c1cccc(S(=O)(=O)N2CCCCC2)c1. The molecule has 1 saturated heterocycles. The normalized spacial score (nSPS) is 15.0. The second kappa shape index (κ2) is 8.54. The van der Waals surface area contributed by atoms with Crippen molar-refractivity contribution in [1.29, 1.82) is 0 Å². The first-order chi connectivity index (χ1) is 13.0. The predicted octanol–water partition coefficient (Wildman–Crippen LogP) is 3.96. The van der Waals surface area contributed by atoms with Gasteiger partial charge in [0.05, 0.1) is 10.5 Å². The monoisotopic (exact) mass is 405 g/mol. The Hall–Kier alpha value is -2.38. The van der Waals surface area contributed by atoms with Gasteiger partial charge in [-0.25, -0.2) is 8.42 Å². The van der Waals surface area contributed by atoms with Crippen molar-refractivity contribution >= 4 is 33.2 Å². The van der Waals surface area contributed by atoms with E-state index in [1.54, 1.807) is 24.3 Å². The molecule has 0 spiro atoms. The molecule has 0 unspecified atom stereocenters. The van der Waals surface area contributed by atoms with Gasteiger partial charge in [-0.15, -0.1) is 0 Å². The topological polar surface area (TPSA) is 93.3 Å². The average molecular weight is 406 g/mol. The molecule has 140 valence electrons. The minimum atomic E-state index is -3.62. The number of rotatable bonds is 4. The smallest absolute Gasteiger partial charge is 0.259 e. The lowest BCUT2D eigenvalue weighted by Gasteiger charge is -2.25. The highest BCUT2D eigenvalue weighted by Crippen LogP contribution is 2.21. The summed E-state index contributed by atoms with van der Waals surface area (Å²) < 4.78 is 26.9. The van der Waals surface area contributed by atoms with Crippen molar-refractivity contribution in [2.24, 2.45) is 10.2 Å². The number of nitrogens with zero attached hydrogens (tertiary/aromatic N) is 4. The summed E-state index contributed by atoms with van der Waals surface area (Å²) in [6, 6.07) is 12.5. The maximum Gasteiger partial charge on any atom is 0.360 e. The zero-order valence-corrected chi connectivity index (χ0v) is 16.0. The molecule has 0 aromatic heterocycles. The number of piperidine rings is 1. The molecule has 1 aliphatic rings. The molecule has 1 fully saturated rings. The van der Waals surface area contributed by atoms with Crippen LogP contribution in [0.15, 0.2) is 63.7 Å². The van der Waals surface area contributed by atoms with E-state index in [-0.39, 0.29) is 10.5 Å². The summed E-state index contributed by atoms with van der Waals surface area (Å²) in [5.41, 5.74) is 0.596. The van der Waals surface area contributed by atoms with E-state index in [1.807, 2.05) is 0 Å². The van der Waals surface area contributed by atoms with Crippen molar-refractivity contribution in [3.05, 3.63) is 59.1 Å². The van der Waals surface area contributed by atoms with Gasteiger partial charge in [0.1, 0.15) is 0 Å². The molecule has 1 aliphatic heterocycles. The molecule has 2 aromatic carbocycles. The summed E-state index contributed by atoms with van der Waals surface area (Å²) in [5.74, 6) is -0.670. The van der Waals surface area contributed by atoms with Crippen LogP contribution in [0.25, 0.3) is 0 Å². The number of sulfonamides is 1. The minimum Gasteiger partial charge on any atom is -0.259 e. The summed E-state index contributed by atoms with van der Waals surface area (Å²) in [5, 5.41) is 7.82. The Bertz CT molecular complexity index is 1010. The van der Waals surface area contributed by atoms with E-state index in [9.17, 15) is 13.2 Å². The largest absolute Gasteiger partial charge is 0.360 e. The summed E-state index contributed by atoms with van der Waals surface area (Å²) >= 11 is 5.85. The van der Waals surface area contributed by atoms with Crippen LogP contribution in [0, 0.1) is 0 Å². The number of benzene rings is 2. The third-order valence-electron chi connectivity index (χ3n) is 4.14. The van der Waals surface area contributed by atoms with Crippen molar-refractivity contribution in [3.63, 3.8) is 0 Å². The highest BCUT2D eigenvalue weighted by molar-refractivity contribution is 7.89. The molecule has 9 heteroatoms. The number of halogens is 1. The molecule has 0 atom stereocenters. The van der Waals surface area contributed by atoms with Crippen LogP contribution in [0.1, 0.15) is 29.6 Å². The summed E-state index contributed by atoms with van der Waals surface area (Å²) in [6.07, 6.45) is 2.72. The van der Waals surface area contributed by atoms with Crippen molar-refractivity contribution in [2.45, 2.75) is 24.2 Å². The summed E-state index contributed by atoms with van der Waals surface area (Å²) in [4.78, 5) is 15.8. The minimum absolute atomic E-state index is 0.0808. The predicted molar refractivity (Wildman–Crippen MR) is 101 cm³/mol. The number of carbonyl (C=O) groups excluding carboxylic acids is 1. The standard InChI is InChI=1S/C18H18ClN4O3S/c19-15-7-5-8-16(13-15)20-22-21-18(24)14-6-4-9-17(12-14)27(25,26)23-10-2-1-3-11-23/h4-9,12-13H,1-3,10-11H2/q+1. The third kappa shape index (κ3) is 4.87. The molecule has 0 N–H and O–H groups in total. The highest BCUT2D eigenvalue weighted by atomic mass is 35.5. The van der Waals surface area contributed by atoms with E-state index >= 15 is 0 Å². The lowest BCUT2D eigenvalue weighted by Crippen LogP contribution is -2.35. The zero-order valence-electron chi connectivity index (χ0n) is 14.5. The van der Waals surface area contributed by atoms with Crippen LogP contribution in [-0.2, 0) is 10.0 Å². The first-order valence-corrected chi connectivity index (χ1v) is 10.3.